The smallest absolute Gasteiger partial charge is 0.252 e. The van der Waals surface area contributed by atoms with E-state index in [1.54, 1.807) is 6.07 Å². The van der Waals surface area contributed by atoms with Gasteiger partial charge in [0.2, 0.25) is 10.0 Å². The van der Waals surface area contributed by atoms with Crippen LogP contribution in [0, 0.1) is 6.92 Å². The number of nitrogens with two attached hydrogens (primary N) is 1. The quantitative estimate of drug-likeness (QED) is 0.853. The molecule has 0 saturated heterocycles. The normalized spacial score (nSPS) is 12.4. The summed E-state index contributed by atoms with van der Waals surface area (Å²) in [5.41, 5.74) is 6.29. The number of nitrogens with zero attached hydrogens (tertiary/aromatic N) is 1. The summed E-state index contributed by atoms with van der Waals surface area (Å²) in [6, 6.07) is 2.91. The van der Waals surface area contributed by atoms with Crippen molar-refractivity contribution in [1.29, 1.82) is 0 Å². The fourth-order valence-corrected chi connectivity index (χ4v) is 3.45. The van der Waals surface area contributed by atoms with Gasteiger partial charge in [-0.25, -0.2) is 17.2 Å². The fourth-order valence-electron chi connectivity index (χ4n) is 1.40. The molecule has 0 saturated carbocycles. The molecule has 0 heterocycles. The minimum absolute atomic E-state index is 0.0717. The van der Waals surface area contributed by atoms with Crippen molar-refractivity contribution in [2.24, 2.45) is 0 Å². The third kappa shape index (κ3) is 3.18. The monoisotopic (exact) mass is 342 g/mol. The molecule has 0 fully saturated rings. The van der Waals surface area contributed by atoms with Gasteiger partial charge in [-0.1, -0.05) is 15.9 Å². The maximum Gasteiger partial charge on any atom is 0.252 e. The molecule has 0 aliphatic rings. The highest BCUT2D eigenvalue weighted by molar-refractivity contribution is 9.10. The molecule has 4 nitrogen and oxygen atoms in total. The van der Waals surface area contributed by atoms with Crippen molar-refractivity contribution in [3.05, 3.63) is 22.2 Å². The van der Waals surface area contributed by atoms with E-state index in [2.05, 4.69) is 15.9 Å². The van der Waals surface area contributed by atoms with Crippen LogP contribution in [-0.4, -0.2) is 32.7 Å². The Morgan fingerprint density at radius 3 is 2.50 bits per heavy atom. The molecule has 0 amide bonds. The number of hydrogen-bond acceptors (Lipinski definition) is 3. The van der Waals surface area contributed by atoms with Crippen LogP contribution < -0.4 is 5.73 Å². The van der Waals surface area contributed by atoms with Crippen molar-refractivity contribution in [3.63, 3.8) is 0 Å². The van der Waals surface area contributed by atoms with E-state index in [9.17, 15) is 17.2 Å². The molecule has 0 unspecified atom stereocenters. The van der Waals surface area contributed by atoms with Crippen molar-refractivity contribution < 1.29 is 17.2 Å². The van der Waals surface area contributed by atoms with Crippen LogP contribution in [0.4, 0.5) is 14.5 Å². The molecule has 0 aliphatic carbocycles. The molecule has 2 N–H and O–H groups in total. The number of hydrogen-bond donors (Lipinski definition) is 1. The second kappa shape index (κ2) is 5.50. The summed E-state index contributed by atoms with van der Waals surface area (Å²) in [5, 5.41) is 0. The fraction of sp³-hybridized carbons (Fsp3) is 0.400. The number of sulfonamides is 1. The number of anilines is 1. The summed E-state index contributed by atoms with van der Waals surface area (Å²) in [7, 11) is -2.86. The predicted molar refractivity (Wildman–Crippen MR) is 69.1 cm³/mol. The zero-order chi connectivity index (χ0) is 14.1. The summed E-state index contributed by atoms with van der Waals surface area (Å²) in [6.07, 6.45) is -2.73. The van der Waals surface area contributed by atoms with Crippen LogP contribution in [0.25, 0.3) is 0 Å². The summed E-state index contributed by atoms with van der Waals surface area (Å²) < 4.78 is 49.8. The van der Waals surface area contributed by atoms with E-state index in [0.29, 0.717) is 14.3 Å². The van der Waals surface area contributed by atoms with Crippen LogP contribution in [0.1, 0.15) is 5.56 Å². The third-order valence-corrected chi connectivity index (χ3v) is 4.86. The van der Waals surface area contributed by atoms with Gasteiger partial charge in [0.15, 0.2) is 0 Å². The minimum Gasteiger partial charge on any atom is -0.398 e. The number of rotatable bonds is 4. The molecule has 18 heavy (non-hydrogen) atoms. The summed E-state index contributed by atoms with van der Waals surface area (Å²) in [6.45, 7) is 0.680. The SMILES string of the molecule is Cc1c(N)cc(Br)cc1S(=O)(=O)N(C)CC(F)F. The molecule has 0 atom stereocenters. The van der Waals surface area contributed by atoms with Crippen molar-refractivity contribution in [3.8, 4) is 0 Å². The van der Waals surface area contributed by atoms with Gasteiger partial charge in [0.05, 0.1) is 11.4 Å². The topological polar surface area (TPSA) is 63.4 Å². The Morgan fingerprint density at radius 1 is 1.44 bits per heavy atom. The van der Waals surface area contributed by atoms with Crippen LogP contribution in [0.2, 0.25) is 0 Å². The molecular weight excluding hydrogens is 330 g/mol. The molecule has 8 heteroatoms. The minimum atomic E-state index is -3.97. The van der Waals surface area contributed by atoms with Crippen LogP contribution >= 0.6 is 15.9 Å². The molecule has 1 aromatic carbocycles. The van der Waals surface area contributed by atoms with E-state index in [1.807, 2.05) is 0 Å². The van der Waals surface area contributed by atoms with Crippen molar-refractivity contribution in [2.45, 2.75) is 18.2 Å². The summed E-state index contributed by atoms with van der Waals surface area (Å²) in [4.78, 5) is -0.0717. The standard InChI is InChI=1S/C10H13BrF2N2O2S/c1-6-8(14)3-7(11)4-9(6)18(16,17)15(2)5-10(12)13/h3-4,10H,5,14H2,1-2H3. The molecular formula is C10H13BrF2N2O2S. The Balaban J connectivity index is 3.29. The first-order chi connectivity index (χ1) is 8.16. The first-order valence-corrected chi connectivity index (χ1v) is 7.19. The zero-order valence-corrected chi connectivity index (χ0v) is 12.2. The summed E-state index contributed by atoms with van der Waals surface area (Å²) >= 11 is 3.13. The van der Waals surface area contributed by atoms with E-state index in [4.69, 9.17) is 5.73 Å². The summed E-state index contributed by atoms with van der Waals surface area (Å²) in [5.74, 6) is 0. The average molecular weight is 343 g/mol. The molecule has 0 aromatic heterocycles. The van der Waals surface area contributed by atoms with Gasteiger partial charge in [-0.15, -0.1) is 0 Å². The average Bonchev–Trinajstić information content (AvgIpc) is 2.22. The van der Waals surface area contributed by atoms with Crippen molar-refractivity contribution in [1.82, 2.24) is 4.31 Å². The molecule has 0 spiro atoms. The number of halogens is 3. The van der Waals surface area contributed by atoms with Gasteiger partial charge in [-0.3, -0.25) is 0 Å². The lowest BCUT2D eigenvalue weighted by Crippen LogP contribution is -2.32. The molecule has 0 radical (unpaired) electrons. The van der Waals surface area contributed by atoms with E-state index in [-0.39, 0.29) is 10.6 Å². The van der Waals surface area contributed by atoms with Crippen LogP contribution in [0.3, 0.4) is 0 Å². The Kier molecular flexibility index (Phi) is 4.68. The van der Waals surface area contributed by atoms with Crippen molar-refractivity contribution >= 4 is 31.6 Å². The molecule has 0 bridgehead atoms. The Bertz CT molecular complexity index is 549. The molecule has 102 valence electrons. The van der Waals surface area contributed by atoms with Crippen molar-refractivity contribution in [2.75, 3.05) is 19.3 Å². The Morgan fingerprint density at radius 2 is 2.00 bits per heavy atom. The van der Waals surface area contributed by atoms with Gasteiger partial charge in [-0.05, 0) is 24.6 Å². The highest BCUT2D eigenvalue weighted by Crippen LogP contribution is 2.28. The van der Waals surface area contributed by atoms with E-state index < -0.39 is 23.0 Å². The second-order valence-corrected chi connectivity index (χ2v) is 6.72. The largest absolute Gasteiger partial charge is 0.398 e. The van der Waals surface area contributed by atoms with Gasteiger partial charge < -0.3 is 5.73 Å². The highest BCUT2D eigenvalue weighted by atomic mass is 79.9. The van der Waals surface area contributed by atoms with Gasteiger partial charge in [-0.2, -0.15) is 4.31 Å². The zero-order valence-electron chi connectivity index (χ0n) is 9.82. The van der Waals surface area contributed by atoms with Gasteiger partial charge in [0.25, 0.3) is 6.43 Å². The lowest BCUT2D eigenvalue weighted by molar-refractivity contribution is 0.126. The maximum absolute atomic E-state index is 12.3. The number of nitrogen functional groups attached to an aromatic ring is 1. The molecule has 0 aliphatic heterocycles. The van der Waals surface area contributed by atoms with Crippen LogP contribution in [0.15, 0.2) is 21.5 Å². The van der Waals surface area contributed by atoms with E-state index in [1.165, 1.54) is 13.0 Å². The second-order valence-electron chi connectivity index (χ2n) is 3.79. The van der Waals surface area contributed by atoms with Gasteiger partial charge in [0, 0.05) is 17.2 Å². The third-order valence-electron chi connectivity index (χ3n) is 2.45. The van der Waals surface area contributed by atoms with Crippen LogP contribution in [0.5, 0.6) is 0 Å². The number of benzene rings is 1. The Labute approximate surface area is 113 Å². The highest BCUT2D eigenvalue weighted by Gasteiger charge is 2.26. The number of alkyl halides is 2. The lowest BCUT2D eigenvalue weighted by Gasteiger charge is -2.19. The Hall–Kier alpha value is -0.730. The molecule has 1 rings (SSSR count). The molecule has 1 aromatic rings. The van der Waals surface area contributed by atoms with Crippen LogP contribution in [-0.2, 0) is 10.0 Å². The predicted octanol–water partition coefficient (Wildman–Crippen LogP) is 2.23. The lowest BCUT2D eigenvalue weighted by atomic mass is 10.2. The van der Waals surface area contributed by atoms with E-state index in [0.717, 1.165) is 7.05 Å². The van der Waals surface area contributed by atoms with Gasteiger partial charge in [0.1, 0.15) is 0 Å². The maximum atomic E-state index is 12.3. The first-order valence-electron chi connectivity index (χ1n) is 4.96. The first kappa shape index (κ1) is 15.3. The van der Waals surface area contributed by atoms with Gasteiger partial charge >= 0.3 is 0 Å². The van der Waals surface area contributed by atoms with E-state index >= 15 is 0 Å².